The first-order chi connectivity index (χ1) is 8.72. The molecule has 2 heteroatoms. The average molecular weight is 246 g/mol. The van der Waals surface area contributed by atoms with Gasteiger partial charge in [-0.2, -0.15) is 0 Å². The Morgan fingerprint density at radius 1 is 1.28 bits per heavy atom. The van der Waals surface area contributed by atoms with E-state index in [2.05, 4.69) is 55.3 Å². The second-order valence-electron chi connectivity index (χ2n) is 5.55. The Balaban J connectivity index is 2.12. The zero-order valence-electron chi connectivity index (χ0n) is 11.9. The number of anilines is 1. The fraction of sp³-hybridized carbons (Fsp3) is 0.625. The summed E-state index contributed by atoms with van der Waals surface area (Å²) in [5.74, 6) is 0. The molecule has 100 valence electrons. The van der Waals surface area contributed by atoms with Crippen molar-refractivity contribution in [1.29, 1.82) is 0 Å². The summed E-state index contributed by atoms with van der Waals surface area (Å²) in [6, 6.07) is 10.1. The number of nitrogens with zero attached hydrogens (tertiary/aromatic N) is 1. The molecule has 0 radical (unpaired) electrons. The minimum Gasteiger partial charge on any atom is -0.367 e. The van der Waals surface area contributed by atoms with E-state index in [0.29, 0.717) is 12.1 Å². The first kappa shape index (κ1) is 13.4. The maximum absolute atomic E-state index is 3.58. The van der Waals surface area contributed by atoms with E-state index in [1.54, 1.807) is 0 Å². The van der Waals surface area contributed by atoms with Gasteiger partial charge in [0, 0.05) is 30.9 Å². The lowest BCUT2D eigenvalue weighted by molar-refractivity contribution is 0.476. The molecule has 18 heavy (non-hydrogen) atoms. The minimum absolute atomic E-state index is 0.569. The number of aryl methyl sites for hydroxylation is 1. The van der Waals surface area contributed by atoms with Crippen LogP contribution in [-0.2, 0) is 6.42 Å². The third kappa shape index (κ3) is 3.05. The lowest BCUT2D eigenvalue weighted by Crippen LogP contribution is -2.46. The van der Waals surface area contributed by atoms with Crippen LogP contribution in [0.3, 0.4) is 0 Å². The van der Waals surface area contributed by atoms with E-state index in [-0.39, 0.29) is 0 Å². The molecule has 1 aromatic carbocycles. The van der Waals surface area contributed by atoms with Crippen LogP contribution >= 0.6 is 0 Å². The Morgan fingerprint density at radius 2 is 2.06 bits per heavy atom. The van der Waals surface area contributed by atoms with E-state index in [4.69, 9.17) is 0 Å². The lowest BCUT2D eigenvalue weighted by Gasteiger charge is -2.38. The molecule has 0 aliphatic carbocycles. The largest absolute Gasteiger partial charge is 0.367 e. The summed E-state index contributed by atoms with van der Waals surface area (Å²) in [6.45, 7) is 9.02. The van der Waals surface area contributed by atoms with Crippen molar-refractivity contribution in [2.24, 2.45) is 0 Å². The van der Waals surface area contributed by atoms with Gasteiger partial charge in [0.2, 0.25) is 0 Å². The summed E-state index contributed by atoms with van der Waals surface area (Å²) in [7, 11) is 0. The molecule has 0 saturated heterocycles. The molecule has 1 N–H and O–H groups in total. The number of fused-ring (bicyclic) bond motifs is 1. The van der Waals surface area contributed by atoms with Crippen LogP contribution in [0, 0.1) is 0 Å². The third-order valence-electron chi connectivity index (χ3n) is 3.82. The van der Waals surface area contributed by atoms with Crippen LogP contribution in [0.25, 0.3) is 0 Å². The van der Waals surface area contributed by atoms with Crippen molar-refractivity contribution in [3.05, 3.63) is 29.8 Å². The van der Waals surface area contributed by atoms with Gasteiger partial charge in [0.25, 0.3) is 0 Å². The summed E-state index contributed by atoms with van der Waals surface area (Å²) in [5.41, 5.74) is 2.98. The van der Waals surface area contributed by atoms with Gasteiger partial charge >= 0.3 is 0 Å². The van der Waals surface area contributed by atoms with E-state index >= 15 is 0 Å². The fourth-order valence-electron chi connectivity index (χ4n) is 2.79. The Labute approximate surface area is 111 Å². The lowest BCUT2D eigenvalue weighted by atomic mass is 9.99. The molecule has 0 amide bonds. The van der Waals surface area contributed by atoms with Gasteiger partial charge in [-0.15, -0.1) is 0 Å². The molecule has 1 aliphatic rings. The first-order valence-electron chi connectivity index (χ1n) is 7.30. The van der Waals surface area contributed by atoms with Crippen LogP contribution in [0.1, 0.15) is 39.2 Å². The van der Waals surface area contributed by atoms with Crippen LogP contribution in [0.5, 0.6) is 0 Å². The van der Waals surface area contributed by atoms with Crippen molar-refractivity contribution < 1.29 is 0 Å². The Morgan fingerprint density at radius 3 is 2.78 bits per heavy atom. The summed E-state index contributed by atoms with van der Waals surface area (Å²) < 4.78 is 0. The highest BCUT2D eigenvalue weighted by Crippen LogP contribution is 2.28. The van der Waals surface area contributed by atoms with E-state index < -0.39 is 0 Å². The molecule has 1 unspecified atom stereocenters. The Kier molecular flexibility index (Phi) is 4.65. The molecule has 2 nitrogen and oxygen atoms in total. The monoisotopic (exact) mass is 246 g/mol. The number of hydrogen-bond acceptors (Lipinski definition) is 2. The minimum atomic E-state index is 0.569. The third-order valence-corrected chi connectivity index (χ3v) is 3.82. The van der Waals surface area contributed by atoms with Gasteiger partial charge in [-0.3, -0.25) is 0 Å². The van der Waals surface area contributed by atoms with Crippen molar-refractivity contribution in [3.63, 3.8) is 0 Å². The highest BCUT2D eigenvalue weighted by atomic mass is 15.2. The number of hydrogen-bond donors (Lipinski definition) is 1. The van der Waals surface area contributed by atoms with Crippen molar-refractivity contribution in [2.45, 2.75) is 52.1 Å². The summed E-state index contributed by atoms with van der Waals surface area (Å²) >= 11 is 0. The highest BCUT2D eigenvalue weighted by molar-refractivity contribution is 5.56. The highest BCUT2D eigenvalue weighted by Gasteiger charge is 2.22. The molecule has 1 aliphatic heterocycles. The number of rotatable bonds is 5. The van der Waals surface area contributed by atoms with E-state index in [9.17, 15) is 0 Å². The van der Waals surface area contributed by atoms with Crippen LogP contribution in [-0.4, -0.2) is 25.2 Å². The van der Waals surface area contributed by atoms with Gasteiger partial charge < -0.3 is 10.2 Å². The molecule has 0 spiro atoms. The van der Waals surface area contributed by atoms with Crippen LogP contribution in [0.4, 0.5) is 5.69 Å². The smallest absolute Gasteiger partial charge is 0.0412 e. The maximum Gasteiger partial charge on any atom is 0.0412 e. The predicted octanol–water partition coefficient (Wildman–Crippen LogP) is 3.22. The van der Waals surface area contributed by atoms with Crippen LogP contribution in [0.15, 0.2) is 24.3 Å². The van der Waals surface area contributed by atoms with Gasteiger partial charge in [-0.05, 0) is 30.9 Å². The van der Waals surface area contributed by atoms with Gasteiger partial charge in [-0.25, -0.2) is 0 Å². The van der Waals surface area contributed by atoms with Gasteiger partial charge in [0.1, 0.15) is 0 Å². The van der Waals surface area contributed by atoms with Crippen LogP contribution in [0.2, 0.25) is 0 Å². The van der Waals surface area contributed by atoms with E-state index in [1.807, 2.05) is 0 Å². The molecule has 0 aromatic heterocycles. The van der Waals surface area contributed by atoms with Crippen LogP contribution < -0.4 is 10.2 Å². The zero-order chi connectivity index (χ0) is 13.0. The first-order valence-corrected chi connectivity index (χ1v) is 7.30. The standard InChI is InChI=1S/C16H26N2/c1-4-15(12-17-13(2)3)18-11-7-9-14-8-5-6-10-16(14)18/h5-6,8,10,13,15,17H,4,7,9,11-12H2,1-3H3. The van der Waals surface area contributed by atoms with Crippen molar-refractivity contribution in [3.8, 4) is 0 Å². The Bertz CT molecular complexity index is 373. The molecule has 0 saturated carbocycles. The SMILES string of the molecule is CCC(CNC(C)C)N1CCCc2ccccc21. The summed E-state index contributed by atoms with van der Waals surface area (Å²) in [4.78, 5) is 2.61. The van der Waals surface area contributed by atoms with Crippen molar-refractivity contribution in [2.75, 3.05) is 18.0 Å². The molecule has 1 heterocycles. The zero-order valence-corrected chi connectivity index (χ0v) is 11.9. The van der Waals surface area contributed by atoms with E-state index in [1.165, 1.54) is 37.1 Å². The summed E-state index contributed by atoms with van der Waals surface area (Å²) in [5, 5.41) is 3.58. The van der Waals surface area contributed by atoms with Gasteiger partial charge in [0.15, 0.2) is 0 Å². The van der Waals surface area contributed by atoms with Gasteiger partial charge in [-0.1, -0.05) is 39.0 Å². The quantitative estimate of drug-likeness (QED) is 0.858. The molecule has 1 atom stereocenters. The number of nitrogens with one attached hydrogen (secondary N) is 1. The number of para-hydroxylation sites is 1. The molecule has 2 rings (SSSR count). The predicted molar refractivity (Wildman–Crippen MR) is 79.3 cm³/mol. The number of benzene rings is 1. The topological polar surface area (TPSA) is 15.3 Å². The molecular formula is C16H26N2. The maximum atomic E-state index is 3.58. The van der Waals surface area contributed by atoms with Gasteiger partial charge in [0.05, 0.1) is 0 Å². The fourth-order valence-corrected chi connectivity index (χ4v) is 2.79. The van der Waals surface area contributed by atoms with E-state index in [0.717, 1.165) is 6.54 Å². The summed E-state index contributed by atoms with van der Waals surface area (Å²) in [6.07, 6.45) is 3.73. The second kappa shape index (κ2) is 6.24. The Hall–Kier alpha value is -1.02. The normalized spacial score (nSPS) is 16.8. The molecule has 0 bridgehead atoms. The molecule has 1 aromatic rings. The van der Waals surface area contributed by atoms with Crippen molar-refractivity contribution >= 4 is 5.69 Å². The molecule has 0 fully saturated rings. The second-order valence-corrected chi connectivity index (χ2v) is 5.55. The van der Waals surface area contributed by atoms with Crippen molar-refractivity contribution in [1.82, 2.24) is 5.32 Å². The molecular weight excluding hydrogens is 220 g/mol. The average Bonchev–Trinajstić information content (AvgIpc) is 2.39.